The molecule has 0 fully saturated rings. The number of anilines is 1. The van der Waals surface area contributed by atoms with Crippen molar-refractivity contribution in [2.45, 2.75) is 26.3 Å². The smallest absolute Gasteiger partial charge is 0.221 e. The fourth-order valence-corrected chi connectivity index (χ4v) is 1.62. The Morgan fingerprint density at radius 3 is 2.35 bits per heavy atom. The highest BCUT2D eigenvalue weighted by molar-refractivity contribution is 5.88. The van der Waals surface area contributed by atoms with Crippen molar-refractivity contribution in [1.82, 2.24) is 10.6 Å². The van der Waals surface area contributed by atoms with Crippen LogP contribution in [0.25, 0.3) is 0 Å². The molecule has 0 saturated carbocycles. The van der Waals surface area contributed by atoms with Gasteiger partial charge < -0.3 is 16.0 Å². The standard InChI is InChI=1S/C14H21N3O2.ClH/c1-11(18)17-13-7-5-12(6-8-13)10-16-14(19)4-3-9-15-2;/h5-8,15H,3-4,9-10H2,1-2H3,(H,16,19)(H,17,18);1H. The highest BCUT2D eigenvalue weighted by Gasteiger charge is 2.01. The highest BCUT2D eigenvalue weighted by Crippen LogP contribution is 2.09. The number of hydrogen-bond donors (Lipinski definition) is 3. The summed E-state index contributed by atoms with van der Waals surface area (Å²) in [4.78, 5) is 22.4. The van der Waals surface area contributed by atoms with Gasteiger partial charge in [0, 0.05) is 25.6 Å². The van der Waals surface area contributed by atoms with Gasteiger partial charge in [-0.2, -0.15) is 0 Å². The van der Waals surface area contributed by atoms with Crippen LogP contribution in [-0.4, -0.2) is 25.4 Å². The van der Waals surface area contributed by atoms with Crippen LogP contribution in [0.3, 0.4) is 0 Å². The maximum atomic E-state index is 11.5. The number of rotatable bonds is 7. The molecule has 0 aliphatic heterocycles. The summed E-state index contributed by atoms with van der Waals surface area (Å²) in [6, 6.07) is 7.42. The molecule has 5 nitrogen and oxygen atoms in total. The van der Waals surface area contributed by atoms with Crippen LogP contribution < -0.4 is 16.0 Å². The molecule has 0 bridgehead atoms. The largest absolute Gasteiger partial charge is 0.352 e. The molecule has 1 rings (SSSR count). The van der Waals surface area contributed by atoms with E-state index in [2.05, 4.69) is 16.0 Å². The van der Waals surface area contributed by atoms with Crippen LogP contribution in [0, 0.1) is 0 Å². The Kier molecular flexibility index (Phi) is 9.41. The molecule has 0 spiro atoms. The van der Waals surface area contributed by atoms with Gasteiger partial charge in [0.1, 0.15) is 0 Å². The average molecular weight is 300 g/mol. The SMILES string of the molecule is CNCCCC(=O)NCc1ccc(NC(C)=O)cc1.Cl. The second-order valence-corrected chi connectivity index (χ2v) is 4.36. The molecule has 1 aromatic carbocycles. The number of carbonyl (C=O) groups excluding carboxylic acids is 2. The molecule has 0 saturated heterocycles. The van der Waals surface area contributed by atoms with E-state index in [1.807, 2.05) is 31.3 Å². The van der Waals surface area contributed by atoms with Crippen molar-refractivity contribution in [3.63, 3.8) is 0 Å². The fraction of sp³-hybridized carbons (Fsp3) is 0.429. The van der Waals surface area contributed by atoms with Gasteiger partial charge in [0.15, 0.2) is 0 Å². The van der Waals surface area contributed by atoms with Gasteiger partial charge in [-0.25, -0.2) is 0 Å². The zero-order valence-electron chi connectivity index (χ0n) is 11.9. The van der Waals surface area contributed by atoms with E-state index in [4.69, 9.17) is 0 Å². The van der Waals surface area contributed by atoms with Crippen LogP contribution in [-0.2, 0) is 16.1 Å². The lowest BCUT2D eigenvalue weighted by Crippen LogP contribution is -2.23. The van der Waals surface area contributed by atoms with Crippen molar-refractivity contribution in [3.05, 3.63) is 29.8 Å². The first kappa shape index (κ1) is 18.4. The highest BCUT2D eigenvalue weighted by atomic mass is 35.5. The number of hydrogen-bond acceptors (Lipinski definition) is 3. The number of carbonyl (C=O) groups is 2. The number of amides is 2. The second kappa shape index (κ2) is 10.2. The maximum Gasteiger partial charge on any atom is 0.221 e. The van der Waals surface area contributed by atoms with E-state index >= 15 is 0 Å². The summed E-state index contributed by atoms with van der Waals surface area (Å²) in [5, 5.41) is 8.57. The predicted octanol–water partition coefficient (Wildman–Crippen LogP) is 1.68. The van der Waals surface area contributed by atoms with Gasteiger partial charge in [0.25, 0.3) is 0 Å². The van der Waals surface area contributed by atoms with Crippen molar-refractivity contribution >= 4 is 29.9 Å². The number of nitrogens with one attached hydrogen (secondary N) is 3. The summed E-state index contributed by atoms with van der Waals surface area (Å²) in [6.07, 6.45) is 1.37. The first-order valence-electron chi connectivity index (χ1n) is 6.39. The molecule has 0 aliphatic rings. The molecular weight excluding hydrogens is 278 g/mol. The van der Waals surface area contributed by atoms with Crippen molar-refractivity contribution < 1.29 is 9.59 Å². The molecule has 0 unspecified atom stereocenters. The van der Waals surface area contributed by atoms with Crippen LogP contribution in [0.4, 0.5) is 5.69 Å². The summed E-state index contributed by atoms with van der Waals surface area (Å²) in [7, 11) is 1.87. The topological polar surface area (TPSA) is 70.2 Å². The minimum atomic E-state index is -0.0920. The Labute approximate surface area is 125 Å². The Morgan fingerprint density at radius 2 is 1.80 bits per heavy atom. The third-order valence-corrected chi connectivity index (χ3v) is 2.59. The van der Waals surface area contributed by atoms with Gasteiger partial charge in [-0.15, -0.1) is 12.4 Å². The number of halogens is 1. The zero-order chi connectivity index (χ0) is 14.1. The molecule has 0 atom stereocenters. The van der Waals surface area contributed by atoms with Crippen LogP contribution >= 0.6 is 12.4 Å². The van der Waals surface area contributed by atoms with E-state index in [1.165, 1.54) is 6.92 Å². The van der Waals surface area contributed by atoms with Gasteiger partial charge in [-0.05, 0) is 37.7 Å². The quantitative estimate of drug-likeness (QED) is 0.671. The summed E-state index contributed by atoms with van der Waals surface area (Å²) in [5.41, 5.74) is 1.77. The number of benzene rings is 1. The van der Waals surface area contributed by atoms with E-state index in [1.54, 1.807) is 0 Å². The van der Waals surface area contributed by atoms with Crippen molar-refractivity contribution in [3.8, 4) is 0 Å². The van der Waals surface area contributed by atoms with E-state index in [0.717, 1.165) is 24.2 Å². The van der Waals surface area contributed by atoms with Gasteiger partial charge in [0.05, 0.1) is 0 Å². The first-order valence-corrected chi connectivity index (χ1v) is 6.39. The Bertz CT molecular complexity index is 421. The van der Waals surface area contributed by atoms with E-state index in [9.17, 15) is 9.59 Å². The lowest BCUT2D eigenvalue weighted by Gasteiger charge is -2.07. The molecule has 0 radical (unpaired) electrons. The molecule has 112 valence electrons. The normalized spacial score (nSPS) is 9.50. The molecule has 2 amide bonds. The fourth-order valence-electron chi connectivity index (χ4n) is 1.62. The van der Waals surface area contributed by atoms with Crippen LogP contribution in [0.2, 0.25) is 0 Å². The molecule has 0 aromatic heterocycles. The average Bonchev–Trinajstić information content (AvgIpc) is 2.37. The summed E-state index contributed by atoms with van der Waals surface area (Å²) in [6.45, 7) is 2.83. The summed E-state index contributed by atoms with van der Waals surface area (Å²) < 4.78 is 0. The third-order valence-electron chi connectivity index (χ3n) is 2.59. The lowest BCUT2D eigenvalue weighted by atomic mass is 10.2. The maximum absolute atomic E-state index is 11.5. The van der Waals surface area contributed by atoms with Crippen LogP contribution in [0.1, 0.15) is 25.3 Å². The Morgan fingerprint density at radius 1 is 1.15 bits per heavy atom. The van der Waals surface area contributed by atoms with Gasteiger partial charge >= 0.3 is 0 Å². The molecule has 0 heterocycles. The van der Waals surface area contributed by atoms with Crippen molar-refractivity contribution in [2.24, 2.45) is 0 Å². The molecular formula is C14H22ClN3O2. The summed E-state index contributed by atoms with van der Waals surface area (Å²) in [5.74, 6) is -0.0354. The van der Waals surface area contributed by atoms with Gasteiger partial charge in [0.2, 0.25) is 11.8 Å². The van der Waals surface area contributed by atoms with Crippen molar-refractivity contribution in [2.75, 3.05) is 18.9 Å². The van der Waals surface area contributed by atoms with Gasteiger partial charge in [-0.1, -0.05) is 12.1 Å². The molecule has 6 heteroatoms. The van der Waals surface area contributed by atoms with Crippen LogP contribution in [0.5, 0.6) is 0 Å². The van der Waals surface area contributed by atoms with Gasteiger partial charge in [-0.3, -0.25) is 9.59 Å². The molecule has 0 aliphatic carbocycles. The molecule has 1 aromatic rings. The Hall–Kier alpha value is -1.59. The second-order valence-electron chi connectivity index (χ2n) is 4.36. The first-order chi connectivity index (χ1) is 9.11. The summed E-state index contributed by atoms with van der Waals surface area (Å²) >= 11 is 0. The van der Waals surface area contributed by atoms with E-state index in [0.29, 0.717) is 13.0 Å². The van der Waals surface area contributed by atoms with E-state index in [-0.39, 0.29) is 24.2 Å². The zero-order valence-corrected chi connectivity index (χ0v) is 12.7. The molecule has 3 N–H and O–H groups in total. The third kappa shape index (κ3) is 7.76. The van der Waals surface area contributed by atoms with Crippen molar-refractivity contribution in [1.29, 1.82) is 0 Å². The van der Waals surface area contributed by atoms with Crippen LogP contribution in [0.15, 0.2) is 24.3 Å². The molecule has 20 heavy (non-hydrogen) atoms. The minimum absolute atomic E-state index is 0. The lowest BCUT2D eigenvalue weighted by molar-refractivity contribution is -0.121. The monoisotopic (exact) mass is 299 g/mol. The van der Waals surface area contributed by atoms with E-state index < -0.39 is 0 Å². The Balaban J connectivity index is 0.00000361. The predicted molar refractivity (Wildman–Crippen MR) is 83.0 cm³/mol. The minimum Gasteiger partial charge on any atom is -0.352 e.